The highest BCUT2D eigenvalue weighted by molar-refractivity contribution is 8.00. The second-order valence-corrected chi connectivity index (χ2v) is 8.85. The summed E-state index contributed by atoms with van der Waals surface area (Å²) >= 11 is 1.93. The Morgan fingerprint density at radius 2 is 1.55 bits per heavy atom. The van der Waals surface area contributed by atoms with Gasteiger partial charge >= 0.3 is 0 Å². The van der Waals surface area contributed by atoms with Crippen molar-refractivity contribution in [2.75, 3.05) is 12.4 Å². The number of hydrogen-bond donors (Lipinski definition) is 1. The van der Waals surface area contributed by atoms with Crippen molar-refractivity contribution < 1.29 is 0 Å². The summed E-state index contributed by atoms with van der Waals surface area (Å²) < 4.78 is 0. The van der Waals surface area contributed by atoms with Crippen LogP contribution >= 0.6 is 11.8 Å². The van der Waals surface area contributed by atoms with Gasteiger partial charge < -0.3 is 5.32 Å². The van der Waals surface area contributed by atoms with Crippen LogP contribution in [0, 0.1) is 0 Å². The predicted octanol–water partition coefficient (Wildman–Crippen LogP) is 6.20. The Labute approximate surface area is 185 Å². The van der Waals surface area contributed by atoms with Crippen molar-refractivity contribution in [2.24, 2.45) is 0 Å². The van der Waals surface area contributed by atoms with Gasteiger partial charge in [-0.1, -0.05) is 84.9 Å². The summed E-state index contributed by atoms with van der Waals surface area (Å²) in [5, 5.41) is 3.48. The highest BCUT2D eigenvalue weighted by Gasteiger charge is 2.37. The van der Waals surface area contributed by atoms with Gasteiger partial charge in [-0.3, -0.25) is 0 Å². The molecule has 1 aromatic heterocycles. The Hall–Kier alpha value is -3.44. The lowest BCUT2D eigenvalue weighted by Crippen LogP contribution is -2.06. The van der Waals surface area contributed by atoms with Crippen LogP contribution in [0.1, 0.15) is 27.9 Å². The van der Waals surface area contributed by atoms with Crippen LogP contribution in [0.15, 0.2) is 83.8 Å². The molecule has 2 heterocycles. The molecule has 0 saturated heterocycles. The lowest BCUT2D eigenvalue weighted by molar-refractivity contribution is 0.818. The maximum absolute atomic E-state index is 4.87. The first-order valence-corrected chi connectivity index (χ1v) is 11.3. The van der Waals surface area contributed by atoms with Gasteiger partial charge in [-0.25, -0.2) is 4.98 Å². The second-order valence-electron chi connectivity index (χ2n) is 7.70. The smallest absolute Gasteiger partial charge is 0.226 e. The minimum Gasteiger partial charge on any atom is -0.357 e. The van der Waals surface area contributed by atoms with E-state index in [-0.39, 0.29) is 0 Å². The van der Waals surface area contributed by atoms with Gasteiger partial charge in [0.1, 0.15) is 0 Å². The van der Waals surface area contributed by atoms with Crippen LogP contribution in [-0.2, 0) is 0 Å². The first-order chi connectivity index (χ1) is 15.3. The van der Waals surface area contributed by atoms with E-state index in [1.807, 2.05) is 49.1 Å². The number of anilines is 1. The van der Waals surface area contributed by atoms with Crippen molar-refractivity contribution in [1.82, 2.24) is 15.0 Å². The summed E-state index contributed by atoms with van der Waals surface area (Å²) in [7, 11) is 1.84. The zero-order chi connectivity index (χ0) is 20.8. The van der Waals surface area contributed by atoms with Gasteiger partial charge in [-0.05, 0) is 16.7 Å². The van der Waals surface area contributed by atoms with E-state index in [2.05, 4.69) is 64.9 Å². The molecule has 5 heteroatoms. The normalized spacial score (nSPS) is 18.2. The Bertz CT molecular complexity index is 1320. The fourth-order valence-corrected chi connectivity index (χ4v) is 6.01. The van der Waals surface area contributed by atoms with Gasteiger partial charge in [-0.2, -0.15) is 9.97 Å². The zero-order valence-corrected chi connectivity index (χ0v) is 17.8. The van der Waals surface area contributed by atoms with E-state index in [0.717, 1.165) is 11.1 Å². The number of nitrogens with zero attached hydrogens (tertiary/aromatic N) is 3. The van der Waals surface area contributed by atoms with Crippen molar-refractivity contribution in [3.8, 4) is 22.8 Å². The van der Waals surface area contributed by atoms with Crippen LogP contribution in [-0.4, -0.2) is 22.0 Å². The van der Waals surface area contributed by atoms with Gasteiger partial charge in [-0.15, -0.1) is 11.8 Å². The third kappa shape index (κ3) is 3.04. The highest BCUT2D eigenvalue weighted by atomic mass is 32.2. The van der Waals surface area contributed by atoms with Crippen LogP contribution in [0.25, 0.3) is 28.9 Å². The van der Waals surface area contributed by atoms with Gasteiger partial charge in [0.15, 0.2) is 11.6 Å². The standard InChI is InChI=1S/C26H20N4S/c1-27-26-29-24(17-9-3-2-4-10-17)28-25(30-26)21-13-7-12-19-20-15-14-16-8-5-6-11-18(16)22(20)31-23(19)21/h2-15,20,22H,1H3,(H,27,28,29,30). The Balaban J connectivity index is 1.48. The molecule has 0 spiro atoms. The molecule has 0 bridgehead atoms. The van der Waals surface area contributed by atoms with Crippen LogP contribution in [0.4, 0.5) is 5.95 Å². The molecular weight excluding hydrogens is 400 g/mol. The first-order valence-electron chi connectivity index (χ1n) is 10.4. The molecule has 1 aliphatic carbocycles. The van der Waals surface area contributed by atoms with Crippen molar-refractivity contribution in [3.05, 3.63) is 95.6 Å². The molecule has 2 aliphatic rings. The van der Waals surface area contributed by atoms with Gasteiger partial charge in [0.25, 0.3) is 0 Å². The van der Waals surface area contributed by atoms with Crippen LogP contribution in [0.2, 0.25) is 0 Å². The minimum absolute atomic E-state index is 0.369. The number of thioether (sulfide) groups is 1. The molecule has 2 atom stereocenters. The van der Waals surface area contributed by atoms with E-state index in [1.54, 1.807) is 0 Å². The number of aromatic nitrogens is 3. The molecule has 31 heavy (non-hydrogen) atoms. The average molecular weight is 421 g/mol. The van der Waals surface area contributed by atoms with E-state index in [0.29, 0.717) is 28.8 Å². The van der Waals surface area contributed by atoms with E-state index < -0.39 is 0 Å². The molecule has 4 nitrogen and oxygen atoms in total. The van der Waals surface area contributed by atoms with Crippen molar-refractivity contribution in [1.29, 1.82) is 0 Å². The number of nitrogens with one attached hydrogen (secondary N) is 1. The monoisotopic (exact) mass is 420 g/mol. The van der Waals surface area contributed by atoms with Gasteiger partial charge in [0.05, 0.1) is 0 Å². The molecule has 6 rings (SSSR count). The predicted molar refractivity (Wildman–Crippen MR) is 127 cm³/mol. The molecule has 0 fully saturated rings. The SMILES string of the molecule is CNc1nc(-c2ccccc2)nc(-c2cccc3c2SC2c4ccccc4C=CC32)n1. The molecular formula is C26H20N4S. The summed E-state index contributed by atoms with van der Waals surface area (Å²) in [6.45, 7) is 0. The Kier molecular flexibility index (Phi) is 4.35. The summed E-state index contributed by atoms with van der Waals surface area (Å²) in [4.78, 5) is 15.5. The first kappa shape index (κ1) is 18.3. The molecule has 4 aromatic rings. The third-order valence-electron chi connectivity index (χ3n) is 5.89. The lowest BCUT2D eigenvalue weighted by atomic mass is 9.84. The summed E-state index contributed by atoms with van der Waals surface area (Å²) in [6.07, 6.45) is 4.60. The number of rotatable bonds is 3. The molecule has 3 aromatic carbocycles. The van der Waals surface area contributed by atoms with Crippen LogP contribution in [0.5, 0.6) is 0 Å². The van der Waals surface area contributed by atoms with E-state index in [4.69, 9.17) is 9.97 Å². The largest absolute Gasteiger partial charge is 0.357 e. The lowest BCUT2D eigenvalue weighted by Gasteiger charge is -2.23. The molecule has 150 valence electrons. The number of hydrogen-bond acceptors (Lipinski definition) is 5. The summed E-state index contributed by atoms with van der Waals surface area (Å²) in [5.41, 5.74) is 6.12. The molecule has 0 amide bonds. The fourth-order valence-electron chi connectivity index (χ4n) is 4.40. The Morgan fingerprint density at radius 1 is 0.774 bits per heavy atom. The van der Waals surface area contributed by atoms with E-state index >= 15 is 0 Å². The van der Waals surface area contributed by atoms with Crippen molar-refractivity contribution >= 4 is 23.8 Å². The Morgan fingerprint density at radius 3 is 2.42 bits per heavy atom. The fraction of sp³-hybridized carbons (Fsp3) is 0.115. The maximum Gasteiger partial charge on any atom is 0.226 e. The summed E-state index contributed by atoms with van der Waals surface area (Å²) in [5.74, 6) is 2.33. The average Bonchev–Trinajstić information content (AvgIpc) is 3.23. The molecule has 0 saturated carbocycles. The van der Waals surface area contributed by atoms with Gasteiger partial charge in [0.2, 0.25) is 5.95 Å². The molecule has 1 N–H and O–H groups in total. The zero-order valence-electron chi connectivity index (χ0n) is 17.0. The summed E-state index contributed by atoms with van der Waals surface area (Å²) in [6, 6.07) is 25.2. The van der Waals surface area contributed by atoms with Crippen LogP contribution in [0.3, 0.4) is 0 Å². The number of benzene rings is 3. The van der Waals surface area contributed by atoms with Crippen molar-refractivity contribution in [3.63, 3.8) is 0 Å². The minimum atomic E-state index is 0.369. The van der Waals surface area contributed by atoms with Gasteiger partial charge in [0, 0.05) is 34.2 Å². The second kappa shape index (κ2) is 7.36. The topological polar surface area (TPSA) is 50.7 Å². The van der Waals surface area contributed by atoms with E-state index in [9.17, 15) is 0 Å². The number of fused-ring (bicyclic) bond motifs is 5. The third-order valence-corrected chi connectivity index (χ3v) is 7.39. The maximum atomic E-state index is 4.87. The van der Waals surface area contributed by atoms with Crippen molar-refractivity contribution in [2.45, 2.75) is 16.1 Å². The molecule has 0 radical (unpaired) electrons. The van der Waals surface area contributed by atoms with E-state index in [1.165, 1.54) is 21.6 Å². The molecule has 2 unspecified atom stereocenters. The highest BCUT2D eigenvalue weighted by Crippen LogP contribution is 2.59. The molecule has 1 aliphatic heterocycles. The number of allylic oxidation sites excluding steroid dienone is 1. The quantitative estimate of drug-likeness (QED) is 0.427. The van der Waals surface area contributed by atoms with Crippen LogP contribution < -0.4 is 5.32 Å².